The number of hydrogen-bond acceptors (Lipinski definition) is 3. The van der Waals surface area contributed by atoms with Crippen molar-refractivity contribution in [1.82, 2.24) is 10.2 Å². The molecule has 0 fully saturated rings. The molecule has 0 saturated carbocycles. The van der Waals surface area contributed by atoms with Crippen LogP contribution in [0.15, 0.2) is 42.5 Å². The highest BCUT2D eigenvalue weighted by Crippen LogP contribution is 2.21. The predicted octanol–water partition coefficient (Wildman–Crippen LogP) is 4.57. The van der Waals surface area contributed by atoms with Gasteiger partial charge in [0.15, 0.2) is 6.61 Å². The summed E-state index contributed by atoms with van der Waals surface area (Å²) in [7, 11) is 0. The molecule has 5 nitrogen and oxygen atoms in total. The van der Waals surface area contributed by atoms with Crippen molar-refractivity contribution in [2.75, 3.05) is 13.2 Å². The summed E-state index contributed by atoms with van der Waals surface area (Å²) in [6, 6.07) is 13.3. The Bertz CT molecular complexity index is 875. The Kier molecular flexibility index (Phi) is 9.10. The fourth-order valence-corrected chi connectivity index (χ4v) is 3.34. The third kappa shape index (κ3) is 7.12. The van der Waals surface area contributed by atoms with Gasteiger partial charge in [0.05, 0.1) is 0 Å². The molecule has 0 spiro atoms. The molecule has 0 aromatic heterocycles. The molecular weight excluding hydrogens is 388 g/mol. The molecule has 0 bridgehead atoms. The van der Waals surface area contributed by atoms with Crippen LogP contribution in [0.1, 0.15) is 49.4 Å². The Labute approximate surface area is 186 Å². The number of ether oxygens (including phenoxy) is 1. The molecule has 1 unspecified atom stereocenters. The summed E-state index contributed by atoms with van der Waals surface area (Å²) < 4.78 is 5.87. The lowest BCUT2D eigenvalue weighted by molar-refractivity contribution is -0.143. The molecule has 2 aromatic rings. The zero-order valence-corrected chi connectivity index (χ0v) is 19.7. The van der Waals surface area contributed by atoms with E-state index in [2.05, 4.69) is 19.2 Å². The van der Waals surface area contributed by atoms with Gasteiger partial charge in [-0.3, -0.25) is 9.59 Å². The van der Waals surface area contributed by atoms with Crippen LogP contribution >= 0.6 is 0 Å². The number of nitrogens with zero attached hydrogens (tertiary/aromatic N) is 1. The summed E-state index contributed by atoms with van der Waals surface area (Å²) in [5.74, 6) is 0.715. The van der Waals surface area contributed by atoms with E-state index >= 15 is 0 Å². The summed E-state index contributed by atoms with van der Waals surface area (Å²) in [5.41, 5.74) is 4.27. The number of nitrogens with one attached hydrogen (secondary N) is 1. The second kappa shape index (κ2) is 11.5. The van der Waals surface area contributed by atoms with E-state index in [9.17, 15) is 9.59 Å². The number of benzene rings is 2. The van der Waals surface area contributed by atoms with Gasteiger partial charge in [-0.15, -0.1) is 0 Å². The molecule has 0 heterocycles. The van der Waals surface area contributed by atoms with Crippen LogP contribution in [0, 0.1) is 26.7 Å². The van der Waals surface area contributed by atoms with E-state index in [1.165, 1.54) is 0 Å². The Hall–Kier alpha value is -2.82. The summed E-state index contributed by atoms with van der Waals surface area (Å²) >= 11 is 0. The van der Waals surface area contributed by atoms with E-state index in [0.717, 1.165) is 22.3 Å². The SMILES string of the molecule is CCC(C(=O)NCC(C)C)N(Cc1ccc(C)cc1)C(=O)COc1cccc(C)c1C. The molecule has 0 saturated heterocycles. The van der Waals surface area contributed by atoms with E-state index in [1.54, 1.807) is 4.90 Å². The molecule has 0 aliphatic heterocycles. The number of rotatable bonds is 10. The van der Waals surface area contributed by atoms with Crippen LogP contribution in [0.25, 0.3) is 0 Å². The first-order chi connectivity index (χ1) is 14.7. The highest BCUT2D eigenvalue weighted by atomic mass is 16.5. The topological polar surface area (TPSA) is 58.6 Å². The molecule has 31 heavy (non-hydrogen) atoms. The Morgan fingerprint density at radius 1 is 1.03 bits per heavy atom. The lowest BCUT2D eigenvalue weighted by Gasteiger charge is -2.31. The third-order valence-electron chi connectivity index (χ3n) is 5.45. The number of amides is 2. The van der Waals surface area contributed by atoms with Crippen molar-refractivity contribution in [3.8, 4) is 5.75 Å². The maximum Gasteiger partial charge on any atom is 0.261 e. The first-order valence-electron chi connectivity index (χ1n) is 11.0. The fraction of sp³-hybridized carbons (Fsp3) is 0.462. The van der Waals surface area contributed by atoms with Crippen LogP contribution in [0.4, 0.5) is 0 Å². The van der Waals surface area contributed by atoms with E-state index in [1.807, 2.05) is 70.2 Å². The van der Waals surface area contributed by atoms with Gasteiger partial charge in [0.2, 0.25) is 5.91 Å². The van der Waals surface area contributed by atoms with Crippen molar-refractivity contribution in [1.29, 1.82) is 0 Å². The third-order valence-corrected chi connectivity index (χ3v) is 5.45. The first-order valence-corrected chi connectivity index (χ1v) is 11.0. The zero-order valence-electron chi connectivity index (χ0n) is 19.7. The van der Waals surface area contributed by atoms with E-state index < -0.39 is 6.04 Å². The zero-order chi connectivity index (χ0) is 23.0. The number of carbonyl (C=O) groups excluding carboxylic acids is 2. The fourth-order valence-electron chi connectivity index (χ4n) is 3.34. The van der Waals surface area contributed by atoms with Crippen LogP contribution in [-0.4, -0.2) is 35.9 Å². The van der Waals surface area contributed by atoms with Crippen molar-refractivity contribution in [2.24, 2.45) is 5.92 Å². The highest BCUT2D eigenvalue weighted by Gasteiger charge is 2.29. The average Bonchev–Trinajstić information content (AvgIpc) is 2.74. The lowest BCUT2D eigenvalue weighted by Crippen LogP contribution is -2.50. The van der Waals surface area contributed by atoms with Gasteiger partial charge >= 0.3 is 0 Å². The summed E-state index contributed by atoms with van der Waals surface area (Å²) in [6.07, 6.45) is 0.533. The van der Waals surface area contributed by atoms with Gasteiger partial charge in [-0.05, 0) is 55.9 Å². The molecule has 2 rings (SSSR count). The maximum atomic E-state index is 13.2. The molecule has 0 aliphatic rings. The smallest absolute Gasteiger partial charge is 0.261 e. The number of carbonyl (C=O) groups is 2. The largest absolute Gasteiger partial charge is 0.483 e. The minimum atomic E-state index is -0.547. The van der Waals surface area contributed by atoms with Crippen LogP contribution in [-0.2, 0) is 16.1 Å². The van der Waals surface area contributed by atoms with Crippen molar-refractivity contribution >= 4 is 11.8 Å². The Balaban J connectivity index is 2.21. The minimum Gasteiger partial charge on any atom is -0.483 e. The van der Waals surface area contributed by atoms with Gasteiger partial charge in [0.25, 0.3) is 5.91 Å². The predicted molar refractivity (Wildman–Crippen MR) is 125 cm³/mol. The van der Waals surface area contributed by atoms with E-state index in [0.29, 0.717) is 31.2 Å². The van der Waals surface area contributed by atoms with Gasteiger partial charge in [0.1, 0.15) is 11.8 Å². The molecule has 2 aromatic carbocycles. The second-order valence-electron chi connectivity index (χ2n) is 8.56. The molecular formula is C26H36N2O3. The van der Waals surface area contributed by atoms with Gasteiger partial charge in [0, 0.05) is 13.1 Å². The Morgan fingerprint density at radius 3 is 2.32 bits per heavy atom. The van der Waals surface area contributed by atoms with Crippen molar-refractivity contribution in [2.45, 2.75) is 60.5 Å². The van der Waals surface area contributed by atoms with Crippen LogP contribution in [0.3, 0.4) is 0 Å². The maximum absolute atomic E-state index is 13.2. The normalized spacial score (nSPS) is 11.8. The Morgan fingerprint density at radius 2 is 1.71 bits per heavy atom. The summed E-state index contributed by atoms with van der Waals surface area (Å²) in [6.45, 7) is 12.9. The molecule has 1 atom stereocenters. The van der Waals surface area contributed by atoms with Crippen molar-refractivity contribution < 1.29 is 14.3 Å². The van der Waals surface area contributed by atoms with Crippen LogP contribution in [0.5, 0.6) is 5.75 Å². The molecule has 2 amide bonds. The lowest BCUT2D eigenvalue weighted by atomic mass is 10.1. The monoisotopic (exact) mass is 424 g/mol. The number of aryl methyl sites for hydroxylation is 2. The molecule has 0 radical (unpaired) electrons. The van der Waals surface area contributed by atoms with Gasteiger partial charge in [-0.1, -0.05) is 62.7 Å². The first kappa shape index (κ1) is 24.4. The van der Waals surface area contributed by atoms with Crippen LogP contribution in [0.2, 0.25) is 0 Å². The summed E-state index contributed by atoms with van der Waals surface area (Å²) in [4.78, 5) is 27.8. The molecule has 1 N–H and O–H groups in total. The van der Waals surface area contributed by atoms with Crippen molar-refractivity contribution in [3.05, 3.63) is 64.7 Å². The standard InChI is InChI=1S/C26H36N2O3/c1-7-23(26(30)27-15-18(2)3)28(16-22-13-11-19(4)12-14-22)25(29)17-31-24-10-8-9-20(5)21(24)6/h8-14,18,23H,7,15-17H2,1-6H3,(H,27,30). The molecule has 5 heteroatoms. The van der Waals surface area contributed by atoms with E-state index in [-0.39, 0.29) is 18.4 Å². The molecule has 168 valence electrons. The van der Waals surface area contributed by atoms with Crippen LogP contribution < -0.4 is 10.1 Å². The van der Waals surface area contributed by atoms with Gasteiger partial charge in [-0.25, -0.2) is 0 Å². The minimum absolute atomic E-state index is 0.107. The number of hydrogen-bond donors (Lipinski definition) is 1. The highest BCUT2D eigenvalue weighted by molar-refractivity contribution is 5.88. The van der Waals surface area contributed by atoms with Gasteiger partial charge in [-0.2, -0.15) is 0 Å². The summed E-state index contributed by atoms with van der Waals surface area (Å²) in [5, 5.41) is 2.98. The van der Waals surface area contributed by atoms with Gasteiger partial charge < -0.3 is 15.0 Å². The molecule has 0 aliphatic carbocycles. The van der Waals surface area contributed by atoms with E-state index in [4.69, 9.17) is 4.74 Å². The second-order valence-corrected chi connectivity index (χ2v) is 8.56. The quantitative estimate of drug-likeness (QED) is 0.608. The van der Waals surface area contributed by atoms with Crippen molar-refractivity contribution in [3.63, 3.8) is 0 Å². The average molecular weight is 425 g/mol.